The lowest BCUT2D eigenvalue weighted by molar-refractivity contribution is -0.109. The molecular formula is C17H21FN4O3. The highest BCUT2D eigenvalue weighted by Crippen LogP contribution is 2.22. The van der Waals surface area contributed by atoms with Crippen LogP contribution in [0.3, 0.4) is 0 Å². The normalized spacial score (nSPS) is 9.48. The van der Waals surface area contributed by atoms with E-state index in [1.807, 2.05) is 13.8 Å². The standard InChI is InChI=1S/C15H15FN4O3.C2H6/c1-9-3-4-12(11(16)5-9)20-14-13(15(22)23-2)18-7-10(19-14)6-17-8-21;1-2/h3-5,7-8H,6H2,1-2H3,(H,17,21)(H,19,20);1-2H3. The van der Waals surface area contributed by atoms with Crippen LogP contribution in [-0.4, -0.2) is 29.5 Å². The van der Waals surface area contributed by atoms with E-state index in [-0.39, 0.29) is 23.7 Å². The number of esters is 1. The molecule has 1 heterocycles. The van der Waals surface area contributed by atoms with E-state index in [2.05, 4.69) is 25.3 Å². The van der Waals surface area contributed by atoms with Gasteiger partial charge < -0.3 is 15.4 Å². The fraction of sp³-hybridized carbons (Fsp3) is 0.294. The van der Waals surface area contributed by atoms with Crippen molar-refractivity contribution in [3.63, 3.8) is 0 Å². The van der Waals surface area contributed by atoms with Crippen molar-refractivity contribution in [1.82, 2.24) is 15.3 Å². The van der Waals surface area contributed by atoms with Crippen LogP contribution in [-0.2, 0) is 16.1 Å². The van der Waals surface area contributed by atoms with Gasteiger partial charge in [0.15, 0.2) is 11.5 Å². The van der Waals surface area contributed by atoms with Gasteiger partial charge in [-0.05, 0) is 24.6 Å². The molecule has 134 valence electrons. The van der Waals surface area contributed by atoms with Crippen molar-refractivity contribution in [2.45, 2.75) is 27.3 Å². The number of aromatic nitrogens is 2. The monoisotopic (exact) mass is 348 g/mol. The molecule has 0 atom stereocenters. The van der Waals surface area contributed by atoms with E-state index in [9.17, 15) is 14.0 Å². The smallest absolute Gasteiger partial charge is 0.360 e. The van der Waals surface area contributed by atoms with Crippen LogP contribution in [0.4, 0.5) is 15.9 Å². The Kier molecular flexibility index (Phi) is 7.98. The number of hydrogen-bond donors (Lipinski definition) is 2. The Hall–Kier alpha value is -3.03. The Morgan fingerprint density at radius 3 is 2.68 bits per heavy atom. The Morgan fingerprint density at radius 2 is 2.08 bits per heavy atom. The maximum atomic E-state index is 14.0. The summed E-state index contributed by atoms with van der Waals surface area (Å²) in [5.74, 6) is -1.15. The van der Waals surface area contributed by atoms with E-state index in [4.69, 9.17) is 0 Å². The minimum Gasteiger partial charge on any atom is -0.464 e. The van der Waals surface area contributed by atoms with Crippen LogP contribution in [0.1, 0.15) is 35.6 Å². The maximum Gasteiger partial charge on any atom is 0.360 e. The molecule has 2 N–H and O–H groups in total. The lowest BCUT2D eigenvalue weighted by Crippen LogP contribution is -2.15. The first kappa shape index (κ1) is 20.0. The van der Waals surface area contributed by atoms with Crippen molar-refractivity contribution in [2.24, 2.45) is 0 Å². The van der Waals surface area contributed by atoms with Gasteiger partial charge in [-0.2, -0.15) is 0 Å². The number of carbonyl (C=O) groups excluding carboxylic acids is 2. The van der Waals surface area contributed by atoms with Gasteiger partial charge in [-0.15, -0.1) is 0 Å². The van der Waals surface area contributed by atoms with Crippen molar-refractivity contribution >= 4 is 23.9 Å². The summed E-state index contributed by atoms with van der Waals surface area (Å²) in [4.78, 5) is 30.3. The number of nitrogens with one attached hydrogen (secondary N) is 2. The third kappa shape index (κ3) is 5.52. The first-order chi connectivity index (χ1) is 12.0. The summed E-state index contributed by atoms with van der Waals surface area (Å²) in [5.41, 5.74) is 1.23. The molecule has 0 bridgehead atoms. The number of amides is 1. The van der Waals surface area contributed by atoms with Crippen LogP contribution in [0.2, 0.25) is 0 Å². The van der Waals surface area contributed by atoms with Crippen LogP contribution < -0.4 is 10.6 Å². The third-order valence-electron chi connectivity index (χ3n) is 2.95. The number of rotatable bonds is 6. The van der Waals surface area contributed by atoms with Gasteiger partial charge in [-0.3, -0.25) is 4.79 Å². The molecule has 0 unspecified atom stereocenters. The molecule has 0 saturated heterocycles. The molecule has 25 heavy (non-hydrogen) atoms. The highest BCUT2D eigenvalue weighted by atomic mass is 19.1. The van der Waals surface area contributed by atoms with Crippen LogP contribution >= 0.6 is 0 Å². The second-order valence-corrected chi connectivity index (χ2v) is 4.66. The molecule has 0 saturated carbocycles. The van der Waals surface area contributed by atoms with Gasteiger partial charge in [0.1, 0.15) is 5.82 Å². The zero-order chi connectivity index (χ0) is 18.8. The average molecular weight is 348 g/mol. The summed E-state index contributed by atoms with van der Waals surface area (Å²) in [6, 6.07) is 4.60. The van der Waals surface area contributed by atoms with Crippen molar-refractivity contribution in [2.75, 3.05) is 12.4 Å². The summed E-state index contributed by atoms with van der Waals surface area (Å²) in [6.07, 6.45) is 1.85. The van der Waals surface area contributed by atoms with E-state index in [0.29, 0.717) is 12.1 Å². The van der Waals surface area contributed by atoms with Gasteiger partial charge in [0.2, 0.25) is 6.41 Å². The van der Waals surface area contributed by atoms with Gasteiger partial charge in [0.25, 0.3) is 0 Å². The van der Waals surface area contributed by atoms with Gasteiger partial charge >= 0.3 is 5.97 Å². The van der Waals surface area contributed by atoms with Crippen LogP contribution in [0.15, 0.2) is 24.4 Å². The summed E-state index contributed by atoms with van der Waals surface area (Å²) in [7, 11) is 1.21. The Labute approximate surface area is 145 Å². The number of carbonyl (C=O) groups is 2. The molecule has 0 aliphatic rings. The molecule has 2 rings (SSSR count). The van der Waals surface area contributed by atoms with Crippen LogP contribution in [0.5, 0.6) is 0 Å². The molecule has 1 aromatic heterocycles. The van der Waals surface area contributed by atoms with Gasteiger partial charge in [0.05, 0.1) is 31.2 Å². The largest absolute Gasteiger partial charge is 0.464 e. The molecule has 0 fully saturated rings. The molecule has 0 radical (unpaired) electrons. The Morgan fingerprint density at radius 1 is 1.36 bits per heavy atom. The van der Waals surface area contributed by atoms with Crippen molar-refractivity contribution in [1.29, 1.82) is 0 Å². The fourth-order valence-electron chi connectivity index (χ4n) is 1.84. The summed E-state index contributed by atoms with van der Waals surface area (Å²) < 4.78 is 18.6. The minimum atomic E-state index is -0.706. The summed E-state index contributed by atoms with van der Waals surface area (Å²) >= 11 is 0. The molecule has 0 aliphatic heterocycles. The van der Waals surface area contributed by atoms with E-state index in [1.54, 1.807) is 13.0 Å². The minimum absolute atomic E-state index is 0.0461. The van der Waals surface area contributed by atoms with Gasteiger partial charge in [-0.25, -0.2) is 19.2 Å². The first-order valence-electron chi connectivity index (χ1n) is 7.69. The van der Waals surface area contributed by atoms with Gasteiger partial charge in [0, 0.05) is 0 Å². The number of halogens is 1. The molecule has 7 nitrogen and oxygen atoms in total. The molecule has 8 heteroatoms. The molecule has 0 spiro atoms. The number of benzene rings is 1. The quantitative estimate of drug-likeness (QED) is 0.616. The van der Waals surface area contributed by atoms with E-state index in [0.717, 1.165) is 5.56 Å². The average Bonchev–Trinajstić information content (AvgIpc) is 2.63. The van der Waals surface area contributed by atoms with Crippen molar-refractivity contribution in [3.05, 3.63) is 47.2 Å². The molecule has 1 amide bonds. The zero-order valence-corrected chi connectivity index (χ0v) is 14.6. The molecular weight excluding hydrogens is 327 g/mol. The zero-order valence-electron chi connectivity index (χ0n) is 14.6. The highest BCUT2D eigenvalue weighted by Gasteiger charge is 2.17. The Balaban J connectivity index is 0.00000151. The van der Waals surface area contributed by atoms with Crippen LogP contribution in [0.25, 0.3) is 0 Å². The number of anilines is 2. The summed E-state index contributed by atoms with van der Waals surface area (Å²) in [6.45, 7) is 5.89. The SMILES string of the molecule is CC.COC(=O)c1ncc(CNC=O)nc1Nc1ccc(C)cc1F. The third-order valence-corrected chi connectivity index (χ3v) is 2.95. The second kappa shape index (κ2) is 9.96. The van der Waals surface area contributed by atoms with E-state index >= 15 is 0 Å². The number of aryl methyl sites for hydroxylation is 1. The predicted molar refractivity (Wildman–Crippen MR) is 92.0 cm³/mol. The van der Waals surface area contributed by atoms with E-state index < -0.39 is 11.8 Å². The predicted octanol–water partition coefficient (Wildman–Crippen LogP) is 2.73. The Bertz CT molecular complexity index is 738. The van der Waals surface area contributed by atoms with Crippen LogP contribution in [0, 0.1) is 12.7 Å². The lowest BCUT2D eigenvalue weighted by Gasteiger charge is -2.11. The first-order valence-corrected chi connectivity index (χ1v) is 7.69. The number of nitrogens with zero attached hydrogens (tertiary/aromatic N) is 2. The topological polar surface area (TPSA) is 93.2 Å². The maximum absolute atomic E-state index is 14.0. The number of methoxy groups -OCH3 is 1. The van der Waals surface area contributed by atoms with E-state index in [1.165, 1.54) is 25.4 Å². The molecule has 1 aromatic carbocycles. The van der Waals surface area contributed by atoms with Gasteiger partial charge in [-0.1, -0.05) is 19.9 Å². The molecule has 2 aromatic rings. The van der Waals surface area contributed by atoms with Crippen molar-refractivity contribution in [3.8, 4) is 0 Å². The molecule has 0 aliphatic carbocycles. The fourth-order valence-corrected chi connectivity index (χ4v) is 1.84. The summed E-state index contributed by atoms with van der Waals surface area (Å²) in [5, 5.41) is 5.17. The number of hydrogen-bond acceptors (Lipinski definition) is 6. The second-order valence-electron chi connectivity index (χ2n) is 4.66. The van der Waals surface area contributed by atoms with Crippen molar-refractivity contribution < 1.29 is 18.7 Å². The number of ether oxygens (including phenoxy) is 1. The highest BCUT2D eigenvalue weighted by molar-refractivity contribution is 5.93. The lowest BCUT2D eigenvalue weighted by atomic mass is 10.2.